The Morgan fingerprint density at radius 3 is 0.444 bits per heavy atom. The van der Waals surface area contributed by atoms with Crippen LogP contribution in [0, 0.1) is 0 Å². The third-order valence-corrected chi connectivity index (χ3v) is 77.1. The molecular formula is C58H122Si14. The normalized spacial score (nSPS) is 15.1. The molecular weight excluding hydrogens is 1090 g/mol. The molecule has 410 valence electrons. The molecule has 0 amide bonds. The van der Waals surface area contributed by atoms with Crippen molar-refractivity contribution in [1.29, 1.82) is 0 Å². The summed E-state index contributed by atoms with van der Waals surface area (Å²) < 4.78 is 0. The van der Waals surface area contributed by atoms with Crippen molar-refractivity contribution in [3.05, 3.63) is 80.4 Å². The van der Waals surface area contributed by atoms with E-state index in [9.17, 15) is 0 Å². The highest BCUT2D eigenvalue weighted by Crippen LogP contribution is 2.51. The Morgan fingerprint density at radius 2 is 0.333 bits per heavy atom. The summed E-state index contributed by atoms with van der Waals surface area (Å²) >= 11 is 0. The fourth-order valence-corrected chi connectivity index (χ4v) is 101. The Labute approximate surface area is 467 Å². The molecule has 0 atom stereocenters. The van der Waals surface area contributed by atoms with Crippen LogP contribution in [0.4, 0.5) is 0 Å². The first-order valence-electron chi connectivity index (χ1n) is 28.8. The Hall–Kier alpha value is 0.956. The van der Waals surface area contributed by atoms with E-state index in [-0.39, 0.29) is 0 Å². The van der Waals surface area contributed by atoms with Crippen LogP contribution in [0.15, 0.2) is 47.0 Å². The molecule has 0 spiro atoms. The van der Waals surface area contributed by atoms with Crippen LogP contribution in [0.5, 0.6) is 0 Å². The lowest BCUT2D eigenvalue weighted by molar-refractivity contribution is 1.09. The lowest BCUT2D eigenvalue weighted by atomic mass is 10.1. The van der Waals surface area contributed by atoms with Gasteiger partial charge in [0.05, 0.1) is 16.8 Å². The van der Waals surface area contributed by atoms with E-state index in [0.717, 1.165) is 31.0 Å². The molecule has 0 aliphatic carbocycles. The average Bonchev–Trinajstić information content (AvgIpc) is 3.00. The Morgan fingerprint density at radius 1 is 0.208 bits per heavy atom. The summed E-state index contributed by atoms with van der Waals surface area (Å²) in [5.74, 6) is 0. The topological polar surface area (TPSA) is 0 Å². The van der Waals surface area contributed by atoms with Crippen molar-refractivity contribution in [3.8, 4) is 10.4 Å². The minimum Gasteiger partial charge on any atom is -0.0776 e. The highest BCUT2D eigenvalue weighted by atomic mass is 28.4. The first-order chi connectivity index (χ1) is 31.4. The SMILES string of the molecule is C[Si](C)(C)C(c1cc(C([Si](C)(C)C)[Si](C)(C)C)c(-[si]2cc[si](-c3c(C([Si](C)(C)C)[Si](C)(C)C)cc(C([Si](C)(C)C)[Si](C)(C)C)cc3C([Si](C)(C)C)[Si](C)(C)C)cc2)c(C([Si](C)(C)C)[Si](C)(C)C)c1)[Si](C)(C)C. The van der Waals surface area contributed by atoms with Gasteiger partial charge in [0.25, 0.3) is 0 Å². The minimum atomic E-state index is -1.67. The van der Waals surface area contributed by atoms with Gasteiger partial charge >= 0.3 is 0 Å². The van der Waals surface area contributed by atoms with E-state index in [1.165, 1.54) is 0 Å². The van der Waals surface area contributed by atoms with Crippen molar-refractivity contribution in [2.24, 2.45) is 0 Å². The summed E-state index contributed by atoms with van der Waals surface area (Å²) in [6, 6.07) is 11.9. The maximum absolute atomic E-state index is 2.98. The first kappa shape index (κ1) is 67.2. The second-order valence-corrected chi connectivity index (χ2v) is 108. The van der Waals surface area contributed by atoms with Crippen molar-refractivity contribution in [2.45, 2.75) is 267 Å². The highest BCUT2D eigenvalue weighted by Gasteiger charge is 2.49. The second kappa shape index (κ2) is 21.8. The van der Waals surface area contributed by atoms with Crippen LogP contribution in [0.3, 0.4) is 0 Å². The molecule has 1 aromatic heterocycles. The van der Waals surface area contributed by atoms with Crippen LogP contribution in [0.2, 0.25) is 236 Å². The molecule has 0 N–H and O–H groups in total. The molecule has 0 aliphatic rings. The van der Waals surface area contributed by atoms with Gasteiger partial charge in [-0.15, -0.1) is 0 Å². The van der Waals surface area contributed by atoms with Gasteiger partial charge in [0.1, 0.15) is 0 Å². The molecule has 0 nitrogen and oxygen atoms in total. The zero-order valence-electron chi connectivity index (χ0n) is 55.1. The highest BCUT2D eigenvalue weighted by molar-refractivity contribution is 7.00. The minimum absolute atomic E-state index is 0.720. The van der Waals surface area contributed by atoms with Gasteiger partial charge < -0.3 is 0 Å². The fraction of sp³-hybridized carbons (Fsp3) is 0.724. The van der Waals surface area contributed by atoms with Gasteiger partial charge in [0.2, 0.25) is 0 Å². The largest absolute Gasteiger partial charge is 0.0776 e. The smallest absolute Gasteiger partial charge is 0.0723 e. The van der Waals surface area contributed by atoms with Crippen molar-refractivity contribution in [2.75, 3.05) is 0 Å². The van der Waals surface area contributed by atoms with Crippen LogP contribution in [0.1, 0.15) is 64.4 Å². The molecule has 3 aromatic rings. The van der Waals surface area contributed by atoms with E-state index in [0.29, 0.717) is 0 Å². The molecule has 0 saturated heterocycles. The maximum Gasteiger partial charge on any atom is 0.0723 e. The van der Waals surface area contributed by atoms with Gasteiger partial charge in [-0.1, -0.05) is 283 Å². The standard InChI is InChI=1S/C58H122Si14/c1-61(2,3)53(62(4,5)6)45-41-47(55(65(13,14)15)66(16,17)18)51(48(42-45)56(67(19,20)21)68(22,23)24)59-37-39-60(40-38-59)52-49(57(69(25,26)27)70(28,29)30)43-46(54(63(7,8)9)64(10,11)12)44-50(52)58(71(31,32)33)72(34,35)36/h37-44,53-58H,1-36H3. The summed E-state index contributed by atoms with van der Waals surface area (Å²) in [7, 11) is -22.1. The Kier molecular flexibility index (Phi) is 20.3. The van der Waals surface area contributed by atoms with Crippen LogP contribution >= 0.6 is 0 Å². The van der Waals surface area contributed by atoms with Crippen molar-refractivity contribution >= 4 is 114 Å². The number of benzene rings is 2. The van der Waals surface area contributed by atoms with Crippen molar-refractivity contribution < 1.29 is 0 Å². The van der Waals surface area contributed by atoms with E-state index in [2.05, 4.69) is 283 Å². The van der Waals surface area contributed by atoms with E-state index >= 15 is 0 Å². The summed E-state index contributed by atoms with van der Waals surface area (Å²) in [6.45, 7) is 98.6. The third-order valence-electron chi connectivity index (χ3n) is 16.2. The van der Waals surface area contributed by atoms with Gasteiger partial charge in [-0.3, -0.25) is 0 Å². The van der Waals surface area contributed by atoms with E-state index in [4.69, 9.17) is 0 Å². The Bertz CT molecular complexity index is 1980. The number of hydrogen-bond donors (Lipinski definition) is 0. The van der Waals surface area contributed by atoms with E-state index < -0.39 is 114 Å². The summed E-state index contributed by atoms with van der Waals surface area (Å²) in [4.78, 5) is 0. The van der Waals surface area contributed by atoms with Gasteiger partial charge in [0.15, 0.2) is 0 Å². The third kappa shape index (κ3) is 16.1. The molecule has 14 heteroatoms. The molecule has 0 bridgehead atoms. The molecule has 72 heavy (non-hydrogen) atoms. The van der Waals surface area contributed by atoms with Crippen LogP contribution in [-0.2, 0) is 0 Å². The van der Waals surface area contributed by atoms with Gasteiger partial charge in [-0.25, -0.2) is 0 Å². The van der Waals surface area contributed by atoms with Gasteiger partial charge in [-0.05, 0) is 74.7 Å². The van der Waals surface area contributed by atoms with Gasteiger partial charge in [-0.2, -0.15) is 0 Å². The summed E-state index contributed by atoms with van der Waals surface area (Å²) in [5, 5.41) is 8.14. The lowest BCUT2D eigenvalue weighted by Crippen LogP contribution is -2.50. The molecule has 0 unspecified atom stereocenters. The summed E-state index contributed by atoms with van der Waals surface area (Å²) in [5.41, 5.74) is 22.9. The zero-order valence-corrected chi connectivity index (χ0v) is 69.1. The van der Waals surface area contributed by atoms with Crippen LogP contribution in [0.25, 0.3) is 10.4 Å². The molecule has 1 heterocycles. The molecule has 3 rings (SSSR count). The van der Waals surface area contributed by atoms with Crippen molar-refractivity contribution in [3.63, 3.8) is 0 Å². The van der Waals surface area contributed by atoms with Gasteiger partial charge in [0, 0.05) is 96.9 Å². The molecule has 0 fully saturated rings. The maximum atomic E-state index is 2.98. The monoisotopic (exact) mass is 1210 g/mol. The molecule has 0 saturated carbocycles. The second-order valence-electron chi connectivity index (χ2n) is 36.7. The average molecular weight is 1210 g/mol. The predicted octanol–water partition coefficient (Wildman–Crippen LogP) is 20.7. The number of hydrogen-bond acceptors (Lipinski definition) is 0. The Balaban J connectivity index is 2.96. The van der Waals surface area contributed by atoms with Crippen LogP contribution in [-0.4, -0.2) is 114 Å². The van der Waals surface area contributed by atoms with E-state index in [1.807, 2.05) is 32.6 Å². The lowest BCUT2D eigenvalue weighted by Gasteiger charge is -2.46. The molecule has 0 aliphatic heterocycles. The van der Waals surface area contributed by atoms with E-state index in [1.54, 1.807) is 11.1 Å². The fourth-order valence-electron chi connectivity index (χ4n) is 17.7. The quantitative estimate of drug-likeness (QED) is 0.0989. The molecule has 2 aromatic carbocycles. The predicted molar refractivity (Wildman–Crippen MR) is 378 cm³/mol. The number of rotatable bonds is 20. The molecule has 0 radical (unpaired) electrons. The van der Waals surface area contributed by atoms with Crippen LogP contribution < -0.4 is 0 Å². The van der Waals surface area contributed by atoms with Crippen molar-refractivity contribution in [1.82, 2.24) is 0 Å². The summed E-state index contributed by atoms with van der Waals surface area (Å²) in [6.07, 6.45) is 0. The first-order valence-corrected chi connectivity index (χ1v) is 75.1. The zero-order chi connectivity index (χ0) is 56.9.